The van der Waals surface area contributed by atoms with Crippen molar-refractivity contribution >= 4 is 21.6 Å². The Kier molecular flexibility index (Phi) is 8.24. The average Bonchev–Trinajstić information content (AvgIpc) is 2.47. The summed E-state index contributed by atoms with van der Waals surface area (Å²) in [4.78, 5) is 2.48. The van der Waals surface area contributed by atoms with Crippen molar-refractivity contribution in [2.24, 2.45) is 5.92 Å². The van der Waals surface area contributed by atoms with E-state index in [9.17, 15) is 0 Å². The first kappa shape index (κ1) is 17.5. The van der Waals surface area contributed by atoms with Crippen molar-refractivity contribution < 1.29 is 0 Å². The normalized spacial score (nSPS) is 11.1. The molecular formula is C17H29BrN2. The SMILES string of the molecule is CCNCc1ccc(N(CC)CC(CC)CC)c(Br)c1. The molecule has 3 heteroatoms. The van der Waals surface area contributed by atoms with Crippen LogP contribution in [0.25, 0.3) is 0 Å². The van der Waals surface area contributed by atoms with E-state index in [-0.39, 0.29) is 0 Å². The second kappa shape index (κ2) is 9.41. The van der Waals surface area contributed by atoms with E-state index in [2.05, 4.69) is 72.0 Å². The van der Waals surface area contributed by atoms with Gasteiger partial charge in [0.05, 0.1) is 5.69 Å². The van der Waals surface area contributed by atoms with Crippen LogP contribution < -0.4 is 10.2 Å². The van der Waals surface area contributed by atoms with Gasteiger partial charge in [-0.1, -0.05) is 39.7 Å². The molecular weight excluding hydrogens is 312 g/mol. The lowest BCUT2D eigenvalue weighted by Gasteiger charge is -2.28. The van der Waals surface area contributed by atoms with Gasteiger partial charge in [-0.2, -0.15) is 0 Å². The van der Waals surface area contributed by atoms with Crippen LogP contribution in [-0.2, 0) is 6.54 Å². The summed E-state index contributed by atoms with van der Waals surface area (Å²) in [5, 5.41) is 3.37. The Labute approximate surface area is 133 Å². The number of benzene rings is 1. The first-order chi connectivity index (χ1) is 9.65. The maximum atomic E-state index is 3.74. The molecule has 2 nitrogen and oxygen atoms in total. The monoisotopic (exact) mass is 340 g/mol. The van der Waals surface area contributed by atoms with Crippen LogP contribution in [0, 0.1) is 5.92 Å². The van der Waals surface area contributed by atoms with Crippen LogP contribution in [0.2, 0.25) is 0 Å². The number of rotatable bonds is 9. The zero-order valence-corrected chi connectivity index (χ0v) is 15.0. The molecule has 0 saturated heterocycles. The van der Waals surface area contributed by atoms with E-state index < -0.39 is 0 Å². The third-order valence-electron chi connectivity index (χ3n) is 3.95. The third-order valence-corrected chi connectivity index (χ3v) is 4.58. The number of hydrogen-bond acceptors (Lipinski definition) is 2. The molecule has 1 aromatic carbocycles. The van der Waals surface area contributed by atoms with E-state index in [4.69, 9.17) is 0 Å². The van der Waals surface area contributed by atoms with Gasteiger partial charge < -0.3 is 10.2 Å². The van der Waals surface area contributed by atoms with Crippen molar-refractivity contribution in [3.8, 4) is 0 Å². The zero-order chi connectivity index (χ0) is 15.0. The van der Waals surface area contributed by atoms with Gasteiger partial charge >= 0.3 is 0 Å². The lowest BCUT2D eigenvalue weighted by molar-refractivity contribution is 0.486. The molecule has 0 radical (unpaired) electrons. The predicted molar refractivity (Wildman–Crippen MR) is 93.5 cm³/mol. The van der Waals surface area contributed by atoms with Crippen LogP contribution in [0.4, 0.5) is 5.69 Å². The van der Waals surface area contributed by atoms with Crippen molar-refractivity contribution in [1.82, 2.24) is 5.32 Å². The molecule has 1 aromatic rings. The standard InChI is InChI=1S/C17H29BrN2/c1-5-14(6-2)13-20(8-4)17-10-9-15(11-16(17)18)12-19-7-3/h9-11,14,19H,5-8,12-13H2,1-4H3. The lowest BCUT2D eigenvalue weighted by Crippen LogP contribution is -2.29. The fourth-order valence-electron chi connectivity index (χ4n) is 2.44. The molecule has 0 aromatic heterocycles. The lowest BCUT2D eigenvalue weighted by atomic mass is 10.0. The molecule has 0 aliphatic heterocycles. The zero-order valence-electron chi connectivity index (χ0n) is 13.4. The van der Waals surface area contributed by atoms with Gasteiger partial charge in [0.2, 0.25) is 0 Å². The largest absolute Gasteiger partial charge is 0.371 e. The molecule has 0 heterocycles. The van der Waals surface area contributed by atoms with Crippen LogP contribution in [0.5, 0.6) is 0 Å². The van der Waals surface area contributed by atoms with E-state index in [1.54, 1.807) is 0 Å². The number of hydrogen-bond donors (Lipinski definition) is 1. The molecule has 0 atom stereocenters. The highest BCUT2D eigenvalue weighted by Gasteiger charge is 2.13. The van der Waals surface area contributed by atoms with Gasteiger partial charge in [0.1, 0.15) is 0 Å². The van der Waals surface area contributed by atoms with E-state index in [1.807, 2.05) is 0 Å². The maximum Gasteiger partial charge on any atom is 0.0510 e. The van der Waals surface area contributed by atoms with Gasteiger partial charge in [0.15, 0.2) is 0 Å². The molecule has 114 valence electrons. The first-order valence-corrected chi connectivity index (χ1v) is 8.69. The summed E-state index contributed by atoms with van der Waals surface area (Å²) < 4.78 is 1.21. The van der Waals surface area contributed by atoms with Gasteiger partial charge in [0, 0.05) is 24.1 Å². The number of nitrogens with zero attached hydrogens (tertiary/aromatic N) is 1. The third kappa shape index (κ3) is 5.10. The number of halogens is 1. The van der Waals surface area contributed by atoms with E-state index in [0.29, 0.717) is 0 Å². The molecule has 1 N–H and O–H groups in total. The summed E-state index contributed by atoms with van der Waals surface area (Å²) in [5.41, 5.74) is 2.65. The Morgan fingerprint density at radius 3 is 2.35 bits per heavy atom. The average molecular weight is 341 g/mol. The summed E-state index contributed by atoms with van der Waals surface area (Å²) >= 11 is 3.74. The molecule has 20 heavy (non-hydrogen) atoms. The number of anilines is 1. The summed E-state index contributed by atoms with van der Waals surface area (Å²) in [6, 6.07) is 6.73. The Morgan fingerprint density at radius 2 is 1.85 bits per heavy atom. The van der Waals surface area contributed by atoms with Crippen molar-refractivity contribution in [3.05, 3.63) is 28.2 Å². The summed E-state index contributed by atoms with van der Waals surface area (Å²) in [7, 11) is 0. The molecule has 1 rings (SSSR count). The summed E-state index contributed by atoms with van der Waals surface area (Å²) in [6.45, 7) is 13.1. The molecule has 0 aliphatic carbocycles. The smallest absolute Gasteiger partial charge is 0.0510 e. The molecule has 0 saturated carbocycles. The molecule has 0 unspecified atom stereocenters. The fraction of sp³-hybridized carbons (Fsp3) is 0.647. The van der Waals surface area contributed by atoms with Crippen molar-refractivity contribution in [2.45, 2.75) is 47.1 Å². The molecule has 0 bridgehead atoms. The Balaban J connectivity index is 2.81. The maximum absolute atomic E-state index is 3.74. The van der Waals surface area contributed by atoms with Crippen LogP contribution in [0.1, 0.15) is 46.1 Å². The Bertz CT molecular complexity index is 389. The molecule has 0 spiro atoms. The van der Waals surface area contributed by atoms with Crippen LogP contribution in [0.3, 0.4) is 0 Å². The molecule has 0 aliphatic rings. The van der Waals surface area contributed by atoms with Crippen molar-refractivity contribution in [2.75, 3.05) is 24.5 Å². The molecule has 0 amide bonds. The van der Waals surface area contributed by atoms with Crippen LogP contribution in [-0.4, -0.2) is 19.6 Å². The second-order valence-corrected chi connectivity index (χ2v) is 6.14. The minimum atomic E-state index is 0.781. The van der Waals surface area contributed by atoms with Crippen molar-refractivity contribution in [1.29, 1.82) is 0 Å². The van der Waals surface area contributed by atoms with Gasteiger partial charge in [-0.3, -0.25) is 0 Å². The quantitative estimate of drug-likeness (QED) is 0.693. The Morgan fingerprint density at radius 1 is 1.15 bits per heavy atom. The second-order valence-electron chi connectivity index (χ2n) is 5.29. The minimum Gasteiger partial charge on any atom is -0.371 e. The fourth-order valence-corrected chi connectivity index (χ4v) is 3.12. The highest BCUT2D eigenvalue weighted by atomic mass is 79.9. The van der Waals surface area contributed by atoms with Crippen LogP contribution >= 0.6 is 15.9 Å². The van der Waals surface area contributed by atoms with Gasteiger partial charge in [-0.05, 0) is 53.0 Å². The summed E-state index contributed by atoms with van der Waals surface area (Å²) in [5.74, 6) is 0.781. The highest BCUT2D eigenvalue weighted by molar-refractivity contribution is 9.10. The Hall–Kier alpha value is -0.540. The highest BCUT2D eigenvalue weighted by Crippen LogP contribution is 2.28. The minimum absolute atomic E-state index is 0.781. The van der Waals surface area contributed by atoms with Gasteiger partial charge in [0.25, 0.3) is 0 Å². The topological polar surface area (TPSA) is 15.3 Å². The predicted octanol–water partition coefficient (Wildman–Crippen LogP) is 4.82. The first-order valence-electron chi connectivity index (χ1n) is 7.90. The number of nitrogens with one attached hydrogen (secondary N) is 1. The van der Waals surface area contributed by atoms with Crippen molar-refractivity contribution in [3.63, 3.8) is 0 Å². The van der Waals surface area contributed by atoms with E-state index >= 15 is 0 Å². The van der Waals surface area contributed by atoms with Crippen LogP contribution in [0.15, 0.2) is 22.7 Å². The van der Waals surface area contributed by atoms with Gasteiger partial charge in [-0.15, -0.1) is 0 Å². The summed E-state index contributed by atoms with van der Waals surface area (Å²) in [6.07, 6.45) is 2.51. The van der Waals surface area contributed by atoms with E-state index in [1.165, 1.54) is 28.6 Å². The van der Waals surface area contributed by atoms with Gasteiger partial charge in [-0.25, -0.2) is 0 Å². The van der Waals surface area contributed by atoms with E-state index in [0.717, 1.165) is 32.1 Å². The molecule has 0 fully saturated rings.